The topological polar surface area (TPSA) is 60.2 Å². The minimum absolute atomic E-state index is 0.209. The number of hydrogen-bond acceptors (Lipinski definition) is 4. The summed E-state index contributed by atoms with van der Waals surface area (Å²) in [5.74, 6) is 0.791. The van der Waals surface area contributed by atoms with Crippen LogP contribution in [0, 0.1) is 0 Å². The lowest BCUT2D eigenvalue weighted by molar-refractivity contribution is 0.0996. The van der Waals surface area contributed by atoms with Crippen LogP contribution in [0.15, 0.2) is 30.3 Å². The molecule has 0 saturated carbocycles. The van der Waals surface area contributed by atoms with Crippen LogP contribution in [0.4, 0.5) is 5.82 Å². The molecule has 4 nitrogen and oxygen atoms in total. The molecule has 1 saturated heterocycles. The summed E-state index contributed by atoms with van der Waals surface area (Å²) in [5.41, 5.74) is 7.61. The highest BCUT2D eigenvalue weighted by Gasteiger charge is 2.22. The number of rotatable bonds is 4. The summed E-state index contributed by atoms with van der Waals surface area (Å²) in [4.78, 5) is 5.04. The van der Waals surface area contributed by atoms with Crippen LogP contribution in [0.3, 0.4) is 0 Å². The summed E-state index contributed by atoms with van der Waals surface area (Å²) in [6, 6.07) is 10.0. The van der Waals surface area contributed by atoms with Gasteiger partial charge < -0.3 is 15.8 Å². The van der Waals surface area contributed by atoms with E-state index >= 15 is 0 Å². The van der Waals surface area contributed by atoms with Crippen LogP contribution in [0.25, 0.3) is 10.9 Å². The molecule has 2 atom stereocenters. The molecule has 0 spiro atoms. The Balaban J connectivity index is 1.93. The van der Waals surface area contributed by atoms with E-state index in [1.807, 2.05) is 30.3 Å². The molecule has 3 N–H and O–H groups in total. The number of anilines is 1. The van der Waals surface area contributed by atoms with Crippen molar-refractivity contribution in [1.82, 2.24) is 4.98 Å². The largest absolute Gasteiger partial charge is 0.389 e. The molecule has 0 aliphatic carbocycles. The highest BCUT2D eigenvalue weighted by Crippen LogP contribution is 2.23. The van der Waals surface area contributed by atoms with Crippen LogP contribution in [-0.4, -0.2) is 28.7 Å². The fourth-order valence-corrected chi connectivity index (χ4v) is 2.95. The molecule has 0 radical (unpaired) electrons. The molecule has 5 heteroatoms. The Kier molecular flexibility index (Phi) is 4.03. The van der Waals surface area contributed by atoms with Gasteiger partial charge in [-0.05, 0) is 31.9 Å². The van der Waals surface area contributed by atoms with Crippen molar-refractivity contribution in [3.05, 3.63) is 35.9 Å². The molecule has 1 aromatic carbocycles. The van der Waals surface area contributed by atoms with Crippen molar-refractivity contribution in [2.24, 2.45) is 5.73 Å². The van der Waals surface area contributed by atoms with E-state index in [2.05, 4.69) is 17.2 Å². The van der Waals surface area contributed by atoms with Gasteiger partial charge in [-0.3, -0.25) is 0 Å². The van der Waals surface area contributed by atoms with Gasteiger partial charge in [0.2, 0.25) is 0 Å². The molecule has 0 amide bonds. The highest BCUT2D eigenvalue weighted by atomic mass is 32.1. The number of hydrogen-bond donors (Lipinski definition) is 2. The van der Waals surface area contributed by atoms with Crippen molar-refractivity contribution in [2.75, 3.05) is 11.9 Å². The maximum absolute atomic E-state index is 5.85. The first-order valence-electron chi connectivity index (χ1n) is 7.23. The van der Waals surface area contributed by atoms with Gasteiger partial charge in [0, 0.05) is 17.6 Å². The summed E-state index contributed by atoms with van der Waals surface area (Å²) in [6.07, 6.45) is 2.45. The van der Waals surface area contributed by atoms with Crippen molar-refractivity contribution in [2.45, 2.75) is 31.9 Å². The summed E-state index contributed by atoms with van der Waals surface area (Å²) in [5, 5.41) is 4.41. The second kappa shape index (κ2) is 5.95. The Hall–Kier alpha value is -1.72. The Morgan fingerprint density at radius 2 is 2.29 bits per heavy atom. The molecule has 110 valence electrons. The van der Waals surface area contributed by atoms with Gasteiger partial charge >= 0.3 is 0 Å². The van der Waals surface area contributed by atoms with E-state index in [9.17, 15) is 0 Å². The number of nitrogens with one attached hydrogen (secondary N) is 1. The summed E-state index contributed by atoms with van der Waals surface area (Å²) < 4.78 is 5.71. The second-order valence-corrected chi connectivity index (χ2v) is 5.86. The first kappa shape index (κ1) is 14.2. The molecule has 1 fully saturated rings. The molecule has 2 unspecified atom stereocenters. The number of nitrogens with zero attached hydrogens (tertiary/aromatic N) is 1. The zero-order valence-corrected chi connectivity index (χ0v) is 12.8. The van der Waals surface area contributed by atoms with Crippen LogP contribution < -0.4 is 11.1 Å². The lowest BCUT2D eigenvalue weighted by Crippen LogP contribution is -2.30. The smallest absolute Gasteiger partial charge is 0.127 e. The number of para-hydroxylation sites is 1. The minimum Gasteiger partial charge on any atom is -0.389 e. The van der Waals surface area contributed by atoms with Crippen molar-refractivity contribution in [1.29, 1.82) is 0 Å². The number of benzene rings is 1. The van der Waals surface area contributed by atoms with Crippen LogP contribution in [0.2, 0.25) is 0 Å². The van der Waals surface area contributed by atoms with E-state index in [1.165, 1.54) is 0 Å². The molecule has 0 bridgehead atoms. The van der Waals surface area contributed by atoms with Gasteiger partial charge in [-0.15, -0.1) is 0 Å². The van der Waals surface area contributed by atoms with Gasteiger partial charge in [-0.25, -0.2) is 4.98 Å². The predicted octanol–water partition coefficient (Wildman–Crippen LogP) is 2.85. The Morgan fingerprint density at radius 3 is 3.00 bits per heavy atom. The van der Waals surface area contributed by atoms with Gasteiger partial charge in [-0.1, -0.05) is 30.4 Å². The Bertz CT molecular complexity index is 668. The molecule has 1 aliphatic rings. The summed E-state index contributed by atoms with van der Waals surface area (Å²) in [6.45, 7) is 2.97. The molecular weight excluding hydrogens is 282 g/mol. The van der Waals surface area contributed by atoms with Crippen LogP contribution in [-0.2, 0) is 4.74 Å². The van der Waals surface area contributed by atoms with Crippen molar-refractivity contribution in [3.63, 3.8) is 0 Å². The number of thiocarbonyl (C=S) groups is 1. The van der Waals surface area contributed by atoms with E-state index in [4.69, 9.17) is 22.7 Å². The van der Waals surface area contributed by atoms with Gasteiger partial charge in [-0.2, -0.15) is 0 Å². The van der Waals surface area contributed by atoms with E-state index in [-0.39, 0.29) is 12.1 Å². The molecule has 2 aromatic rings. The monoisotopic (exact) mass is 301 g/mol. The zero-order chi connectivity index (χ0) is 14.8. The second-order valence-electron chi connectivity index (χ2n) is 5.42. The predicted molar refractivity (Wildman–Crippen MR) is 89.7 cm³/mol. The SMILES string of the molecule is CC(Nc1cc(C(N)=S)c2ccccc2n1)C1CCCO1. The number of aromatic nitrogens is 1. The molecule has 1 aliphatic heterocycles. The molecule has 3 rings (SSSR count). The van der Waals surface area contributed by atoms with Gasteiger partial charge in [0.1, 0.15) is 10.8 Å². The molecular formula is C16H19N3OS. The third kappa shape index (κ3) is 2.99. The Morgan fingerprint density at radius 1 is 1.48 bits per heavy atom. The first-order chi connectivity index (χ1) is 10.1. The Labute approximate surface area is 129 Å². The maximum Gasteiger partial charge on any atom is 0.127 e. The maximum atomic E-state index is 5.85. The number of fused-ring (bicyclic) bond motifs is 1. The van der Waals surface area contributed by atoms with Gasteiger partial charge in [0.15, 0.2) is 0 Å². The lowest BCUT2D eigenvalue weighted by atomic mass is 10.1. The third-order valence-electron chi connectivity index (χ3n) is 3.88. The standard InChI is InChI=1S/C16H19N3OS/c1-10(14-7-4-8-20-14)18-15-9-12(16(17)21)11-5-2-3-6-13(11)19-15/h2-3,5-6,9-10,14H,4,7-8H2,1H3,(H2,17,21)(H,18,19). The van der Waals surface area contributed by atoms with Crippen LogP contribution in [0.5, 0.6) is 0 Å². The highest BCUT2D eigenvalue weighted by molar-refractivity contribution is 7.80. The fraction of sp³-hybridized carbons (Fsp3) is 0.375. The van der Waals surface area contributed by atoms with E-state index in [0.29, 0.717) is 4.99 Å². The lowest BCUT2D eigenvalue weighted by Gasteiger charge is -2.21. The number of ether oxygens (including phenoxy) is 1. The van der Waals surface area contributed by atoms with Crippen LogP contribution in [0.1, 0.15) is 25.3 Å². The van der Waals surface area contributed by atoms with Crippen LogP contribution >= 0.6 is 12.2 Å². The fourth-order valence-electron chi connectivity index (χ4n) is 2.78. The van der Waals surface area contributed by atoms with Gasteiger partial charge in [0.05, 0.1) is 17.7 Å². The zero-order valence-electron chi connectivity index (χ0n) is 12.0. The average Bonchev–Trinajstić information content (AvgIpc) is 3.00. The summed E-state index contributed by atoms with van der Waals surface area (Å²) in [7, 11) is 0. The van der Waals surface area contributed by atoms with Crippen molar-refractivity contribution >= 4 is 33.9 Å². The average molecular weight is 301 g/mol. The molecule has 21 heavy (non-hydrogen) atoms. The van der Waals surface area contributed by atoms with Crippen molar-refractivity contribution in [3.8, 4) is 0 Å². The van der Waals surface area contributed by atoms with Crippen molar-refractivity contribution < 1.29 is 4.74 Å². The third-order valence-corrected chi connectivity index (χ3v) is 4.10. The van der Waals surface area contributed by atoms with Gasteiger partial charge in [0.25, 0.3) is 0 Å². The number of nitrogens with two attached hydrogens (primary N) is 1. The number of pyridine rings is 1. The molecule has 1 aromatic heterocycles. The van der Waals surface area contributed by atoms with E-state index in [1.54, 1.807) is 0 Å². The molecule has 2 heterocycles. The minimum atomic E-state index is 0.209. The normalized spacial score (nSPS) is 19.6. The van der Waals surface area contributed by atoms with E-state index < -0.39 is 0 Å². The van der Waals surface area contributed by atoms with E-state index in [0.717, 1.165) is 41.7 Å². The first-order valence-corrected chi connectivity index (χ1v) is 7.63. The summed E-state index contributed by atoms with van der Waals surface area (Å²) >= 11 is 5.17. The quantitative estimate of drug-likeness (QED) is 0.850.